The molecule has 1 saturated heterocycles. The Morgan fingerprint density at radius 1 is 0.722 bits per heavy atom. The SMILES string of the molecule is O=[P+]1C(c2ccccc2)CCC1c1ccccc1. The van der Waals surface area contributed by atoms with E-state index in [9.17, 15) is 4.57 Å². The van der Waals surface area contributed by atoms with Gasteiger partial charge in [-0.2, -0.15) is 0 Å². The van der Waals surface area contributed by atoms with Crippen molar-refractivity contribution in [3.8, 4) is 0 Å². The second-order valence-electron chi connectivity index (χ2n) is 4.79. The lowest BCUT2D eigenvalue weighted by molar-refractivity contribution is 0.581. The molecule has 1 aliphatic heterocycles. The van der Waals surface area contributed by atoms with Crippen LogP contribution in [0.5, 0.6) is 0 Å². The van der Waals surface area contributed by atoms with Crippen molar-refractivity contribution < 1.29 is 4.57 Å². The predicted octanol–water partition coefficient (Wildman–Crippen LogP) is 5.09. The Balaban J connectivity index is 1.86. The molecule has 0 aliphatic carbocycles. The van der Waals surface area contributed by atoms with Crippen molar-refractivity contribution in [2.75, 3.05) is 0 Å². The second kappa shape index (κ2) is 5.04. The zero-order valence-corrected chi connectivity index (χ0v) is 11.1. The first-order chi connectivity index (χ1) is 8.86. The van der Waals surface area contributed by atoms with Gasteiger partial charge in [-0.3, -0.25) is 0 Å². The average molecular weight is 255 g/mol. The monoisotopic (exact) mass is 255 g/mol. The molecule has 0 saturated carbocycles. The summed E-state index contributed by atoms with van der Waals surface area (Å²) >= 11 is 0. The van der Waals surface area contributed by atoms with Gasteiger partial charge in [-0.1, -0.05) is 65.2 Å². The Morgan fingerprint density at radius 3 is 1.50 bits per heavy atom. The van der Waals surface area contributed by atoms with E-state index >= 15 is 0 Å². The molecule has 90 valence electrons. The summed E-state index contributed by atoms with van der Waals surface area (Å²) in [6.07, 6.45) is 2.08. The van der Waals surface area contributed by atoms with Gasteiger partial charge in [-0.15, -0.1) is 0 Å². The summed E-state index contributed by atoms with van der Waals surface area (Å²) in [6.45, 7) is 0. The maximum atomic E-state index is 12.7. The third-order valence-corrected chi connectivity index (χ3v) is 6.04. The van der Waals surface area contributed by atoms with Gasteiger partial charge in [0.2, 0.25) is 0 Å². The molecular weight excluding hydrogens is 239 g/mol. The minimum Gasteiger partial charge on any atom is -0.0734 e. The number of rotatable bonds is 2. The Morgan fingerprint density at radius 2 is 1.11 bits per heavy atom. The molecule has 0 radical (unpaired) electrons. The van der Waals surface area contributed by atoms with Gasteiger partial charge < -0.3 is 0 Å². The summed E-state index contributed by atoms with van der Waals surface area (Å²) < 4.78 is 12.7. The molecule has 0 bridgehead atoms. The third-order valence-electron chi connectivity index (χ3n) is 3.70. The lowest BCUT2D eigenvalue weighted by Gasteiger charge is -2.01. The fraction of sp³-hybridized carbons (Fsp3) is 0.250. The highest BCUT2D eigenvalue weighted by Crippen LogP contribution is 2.62. The molecule has 1 heterocycles. The maximum absolute atomic E-state index is 12.7. The van der Waals surface area contributed by atoms with E-state index in [1.165, 1.54) is 11.1 Å². The zero-order chi connectivity index (χ0) is 12.4. The van der Waals surface area contributed by atoms with Crippen LogP contribution in [0.25, 0.3) is 0 Å². The normalized spacial score (nSPS) is 25.2. The molecular formula is C16H16OP+. The highest BCUT2D eigenvalue weighted by Gasteiger charge is 2.47. The van der Waals surface area contributed by atoms with Crippen molar-refractivity contribution in [2.45, 2.75) is 24.2 Å². The largest absolute Gasteiger partial charge is 0.354 e. The van der Waals surface area contributed by atoms with E-state index in [4.69, 9.17) is 0 Å². The molecule has 0 amide bonds. The van der Waals surface area contributed by atoms with Crippen molar-refractivity contribution in [1.29, 1.82) is 0 Å². The molecule has 18 heavy (non-hydrogen) atoms. The van der Waals surface area contributed by atoms with Gasteiger partial charge in [0.25, 0.3) is 0 Å². The van der Waals surface area contributed by atoms with Crippen LogP contribution in [-0.4, -0.2) is 0 Å². The van der Waals surface area contributed by atoms with Crippen LogP contribution in [0, 0.1) is 0 Å². The van der Waals surface area contributed by atoms with Crippen LogP contribution in [0.4, 0.5) is 0 Å². The van der Waals surface area contributed by atoms with Crippen LogP contribution in [0.15, 0.2) is 60.7 Å². The van der Waals surface area contributed by atoms with E-state index in [1.807, 2.05) is 36.4 Å². The first kappa shape index (κ1) is 11.6. The molecule has 3 rings (SSSR count). The lowest BCUT2D eigenvalue weighted by atomic mass is 10.0. The Kier molecular flexibility index (Phi) is 3.25. The van der Waals surface area contributed by atoms with E-state index in [0.29, 0.717) is 0 Å². The van der Waals surface area contributed by atoms with Gasteiger partial charge in [0.1, 0.15) is 0 Å². The van der Waals surface area contributed by atoms with Gasteiger partial charge in [0.05, 0.1) is 0 Å². The molecule has 0 spiro atoms. The summed E-state index contributed by atoms with van der Waals surface area (Å²) in [5, 5.41) is 0. The first-order valence-corrected chi connectivity index (χ1v) is 7.81. The van der Waals surface area contributed by atoms with Crippen LogP contribution < -0.4 is 0 Å². The smallest absolute Gasteiger partial charge is 0.0734 e. The summed E-state index contributed by atoms with van der Waals surface area (Å²) in [5.74, 6) is 0. The lowest BCUT2D eigenvalue weighted by Crippen LogP contribution is -1.88. The highest BCUT2D eigenvalue weighted by molar-refractivity contribution is 7.46. The predicted molar refractivity (Wildman–Crippen MR) is 75.2 cm³/mol. The van der Waals surface area contributed by atoms with Crippen molar-refractivity contribution in [3.05, 3.63) is 71.8 Å². The molecule has 0 aromatic heterocycles. The maximum Gasteiger partial charge on any atom is 0.354 e. The molecule has 1 fully saturated rings. The van der Waals surface area contributed by atoms with Crippen LogP contribution in [-0.2, 0) is 4.57 Å². The second-order valence-corrected chi connectivity index (χ2v) is 6.76. The Bertz CT molecular complexity index is 486. The molecule has 2 heteroatoms. The standard InChI is InChI=1S/C16H16OP/c17-18-15(13-7-3-1-4-8-13)11-12-16(18)14-9-5-2-6-10-14/h1-10,15-16H,11-12H2/q+1. The highest BCUT2D eigenvalue weighted by atomic mass is 31.1. The fourth-order valence-corrected chi connectivity index (χ4v) is 4.94. The molecule has 0 N–H and O–H groups in total. The van der Waals surface area contributed by atoms with Gasteiger partial charge >= 0.3 is 7.80 Å². The third kappa shape index (κ3) is 2.11. The van der Waals surface area contributed by atoms with E-state index in [-0.39, 0.29) is 11.3 Å². The summed E-state index contributed by atoms with van der Waals surface area (Å²) in [7, 11) is -1.19. The van der Waals surface area contributed by atoms with Gasteiger partial charge in [0.15, 0.2) is 11.3 Å². The van der Waals surface area contributed by atoms with E-state index < -0.39 is 7.80 Å². The molecule has 1 nitrogen and oxygen atoms in total. The van der Waals surface area contributed by atoms with Crippen LogP contribution in [0.2, 0.25) is 0 Å². The van der Waals surface area contributed by atoms with Gasteiger partial charge in [-0.25, -0.2) is 0 Å². The minimum absolute atomic E-state index is 0.242. The van der Waals surface area contributed by atoms with Crippen LogP contribution in [0.3, 0.4) is 0 Å². The van der Waals surface area contributed by atoms with Gasteiger partial charge in [-0.05, 0) is 0 Å². The first-order valence-electron chi connectivity index (χ1n) is 6.41. The molecule has 1 aliphatic rings. The summed E-state index contributed by atoms with van der Waals surface area (Å²) in [4.78, 5) is 0. The number of hydrogen-bond acceptors (Lipinski definition) is 1. The average Bonchev–Trinajstić information content (AvgIpc) is 2.83. The van der Waals surface area contributed by atoms with Gasteiger partial charge in [0, 0.05) is 24.0 Å². The molecule has 2 unspecified atom stereocenters. The van der Waals surface area contributed by atoms with E-state index in [0.717, 1.165) is 12.8 Å². The molecule has 2 aromatic carbocycles. The number of benzene rings is 2. The van der Waals surface area contributed by atoms with E-state index in [2.05, 4.69) is 24.3 Å². The fourth-order valence-electron chi connectivity index (χ4n) is 2.76. The van der Waals surface area contributed by atoms with Crippen molar-refractivity contribution >= 4 is 7.80 Å². The Labute approximate surface area is 109 Å². The summed E-state index contributed by atoms with van der Waals surface area (Å²) in [6, 6.07) is 20.6. The number of hydrogen-bond donors (Lipinski definition) is 0. The molecule has 2 atom stereocenters. The topological polar surface area (TPSA) is 17.1 Å². The summed E-state index contributed by atoms with van der Waals surface area (Å²) in [5.41, 5.74) is 2.95. The van der Waals surface area contributed by atoms with E-state index in [1.54, 1.807) is 0 Å². The van der Waals surface area contributed by atoms with Crippen LogP contribution >= 0.6 is 7.80 Å². The molecule has 2 aromatic rings. The Hall–Kier alpha value is -1.46. The zero-order valence-electron chi connectivity index (χ0n) is 10.2. The van der Waals surface area contributed by atoms with Crippen LogP contribution in [0.1, 0.15) is 35.3 Å². The minimum atomic E-state index is -1.19. The van der Waals surface area contributed by atoms with Crippen molar-refractivity contribution in [2.24, 2.45) is 0 Å². The van der Waals surface area contributed by atoms with Crippen molar-refractivity contribution in [3.63, 3.8) is 0 Å². The quantitative estimate of drug-likeness (QED) is 0.683. The van der Waals surface area contributed by atoms with Crippen molar-refractivity contribution in [1.82, 2.24) is 0 Å².